The zero-order valence-electron chi connectivity index (χ0n) is 12.1. The van der Waals surface area contributed by atoms with Gasteiger partial charge in [-0.1, -0.05) is 0 Å². The second-order valence-electron chi connectivity index (χ2n) is 5.49. The number of aromatic nitrogens is 1. The molecule has 0 spiro atoms. The van der Waals surface area contributed by atoms with Crippen LogP contribution in [-0.2, 0) is 0 Å². The molecule has 0 aliphatic rings. The van der Waals surface area contributed by atoms with Crippen molar-refractivity contribution in [3.63, 3.8) is 0 Å². The molecule has 0 aliphatic carbocycles. The smallest absolute Gasteiger partial charge is 0.273 e. The molecule has 1 heterocycles. The molecule has 1 aromatic heterocycles. The Morgan fingerprint density at radius 1 is 1.19 bits per heavy atom. The Morgan fingerprint density at radius 3 is 2.48 bits per heavy atom. The van der Waals surface area contributed by atoms with E-state index < -0.39 is 4.92 Å². The minimum Gasteiger partial charge on any atom is -0.338 e. The molecule has 0 saturated heterocycles. The predicted octanol–water partition coefficient (Wildman–Crippen LogP) is 4.73. The molecule has 0 N–H and O–H groups in total. The van der Waals surface area contributed by atoms with Crippen molar-refractivity contribution in [2.24, 2.45) is 0 Å². The number of nitro benzene ring substituents is 1. The Morgan fingerprint density at radius 2 is 1.86 bits per heavy atom. The average molecular weight is 286 g/mol. The van der Waals surface area contributed by atoms with Crippen molar-refractivity contribution in [2.45, 2.75) is 26.8 Å². The fourth-order valence-corrected chi connectivity index (χ4v) is 3.03. The summed E-state index contributed by atoms with van der Waals surface area (Å²) >= 11 is 0. The van der Waals surface area contributed by atoms with Crippen molar-refractivity contribution in [3.8, 4) is 0 Å². The van der Waals surface area contributed by atoms with Crippen molar-refractivity contribution in [3.05, 3.63) is 51.8 Å². The van der Waals surface area contributed by atoms with Gasteiger partial charge in [-0.05, 0) is 45.0 Å². The van der Waals surface area contributed by atoms with Crippen LogP contribution in [0.3, 0.4) is 0 Å². The largest absolute Gasteiger partial charge is 0.338 e. The second-order valence-corrected chi connectivity index (χ2v) is 5.49. The zero-order chi connectivity index (χ0) is 15.3. The molecule has 0 unspecified atom stereocenters. The number of aryl methyl sites for hydroxylation is 1. The van der Waals surface area contributed by atoms with E-state index in [1.54, 1.807) is 19.1 Å². The van der Waals surface area contributed by atoms with Crippen LogP contribution in [0.1, 0.15) is 25.5 Å². The van der Waals surface area contributed by atoms with Crippen molar-refractivity contribution >= 4 is 27.5 Å². The average Bonchev–Trinajstić information content (AvgIpc) is 2.72. The van der Waals surface area contributed by atoms with Crippen LogP contribution >= 0.6 is 0 Å². The second kappa shape index (κ2) is 4.55. The summed E-state index contributed by atoms with van der Waals surface area (Å²) in [5.41, 5.74) is 2.43. The summed E-state index contributed by atoms with van der Waals surface area (Å²) in [7, 11) is 0. The van der Waals surface area contributed by atoms with Crippen LogP contribution in [-0.4, -0.2) is 9.49 Å². The van der Waals surface area contributed by atoms with E-state index in [1.807, 2.05) is 13.8 Å². The number of hydrogen-bond donors (Lipinski definition) is 0. The summed E-state index contributed by atoms with van der Waals surface area (Å²) in [6.07, 6.45) is 0. The highest BCUT2D eigenvalue weighted by Crippen LogP contribution is 2.37. The number of hydrogen-bond acceptors (Lipinski definition) is 2. The lowest BCUT2D eigenvalue weighted by molar-refractivity contribution is -0.385. The molecule has 0 atom stereocenters. The lowest BCUT2D eigenvalue weighted by Gasteiger charge is -2.11. The molecule has 4 nitrogen and oxygen atoms in total. The van der Waals surface area contributed by atoms with E-state index in [2.05, 4.69) is 4.57 Å². The number of halogens is 1. The van der Waals surface area contributed by atoms with Gasteiger partial charge < -0.3 is 4.57 Å². The van der Waals surface area contributed by atoms with E-state index in [0.29, 0.717) is 5.56 Å². The van der Waals surface area contributed by atoms with Crippen LogP contribution in [0.15, 0.2) is 30.3 Å². The molecule has 0 fully saturated rings. The fraction of sp³-hybridized carbons (Fsp3) is 0.250. The van der Waals surface area contributed by atoms with Gasteiger partial charge in [-0.3, -0.25) is 10.1 Å². The van der Waals surface area contributed by atoms with Gasteiger partial charge >= 0.3 is 0 Å². The maximum absolute atomic E-state index is 13.6. The Balaban J connectivity index is 2.58. The summed E-state index contributed by atoms with van der Waals surface area (Å²) in [5.74, 6) is -0.337. The van der Waals surface area contributed by atoms with Gasteiger partial charge in [-0.15, -0.1) is 0 Å². The highest BCUT2D eigenvalue weighted by atomic mass is 19.1. The van der Waals surface area contributed by atoms with E-state index in [0.717, 1.165) is 21.8 Å². The fourth-order valence-electron chi connectivity index (χ4n) is 3.03. The maximum Gasteiger partial charge on any atom is 0.273 e. The third-order valence-corrected chi connectivity index (χ3v) is 3.87. The van der Waals surface area contributed by atoms with Gasteiger partial charge in [0.2, 0.25) is 0 Å². The van der Waals surface area contributed by atoms with Crippen LogP contribution in [0.25, 0.3) is 21.8 Å². The monoisotopic (exact) mass is 286 g/mol. The standard InChI is InChI=1S/C16H15FN2O2/c1-9(2)18-14-5-4-11(17)8-12(14)16-10(3)13(19(20)21)6-7-15(16)18/h4-9H,1-3H3. The highest BCUT2D eigenvalue weighted by molar-refractivity contribution is 6.10. The Labute approximate surface area is 120 Å². The van der Waals surface area contributed by atoms with E-state index in [9.17, 15) is 14.5 Å². The van der Waals surface area contributed by atoms with Crippen LogP contribution in [0, 0.1) is 22.9 Å². The van der Waals surface area contributed by atoms with Crippen LogP contribution in [0.4, 0.5) is 10.1 Å². The van der Waals surface area contributed by atoms with Crippen molar-refractivity contribution in [1.82, 2.24) is 4.57 Å². The highest BCUT2D eigenvalue weighted by Gasteiger charge is 2.20. The number of fused-ring (bicyclic) bond motifs is 3. The normalized spacial score (nSPS) is 11.7. The molecule has 2 aromatic carbocycles. The van der Waals surface area contributed by atoms with Gasteiger partial charge in [-0.25, -0.2) is 4.39 Å². The first-order chi connectivity index (χ1) is 9.91. The van der Waals surface area contributed by atoms with Crippen LogP contribution in [0.2, 0.25) is 0 Å². The van der Waals surface area contributed by atoms with Crippen LogP contribution < -0.4 is 0 Å². The first-order valence-electron chi connectivity index (χ1n) is 6.79. The molecule has 5 heteroatoms. The van der Waals surface area contributed by atoms with E-state index >= 15 is 0 Å². The van der Waals surface area contributed by atoms with Crippen molar-refractivity contribution in [1.29, 1.82) is 0 Å². The topological polar surface area (TPSA) is 48.1 Å². The minimum atomic E-state index is -0.396. The summed E-state index contributed by atoms with van der Waals surface area (Å²) in [5, 5.41) is 12.6. The molecule has 0 radical (unpaired) electrons. The molecule has 3 aromatic rings. The SMILES string of the molecule is Cc1c([N+](=O)[O-])ccc2c1c1cc(F)ccc1n2C(C)C. The van der Waals surface area contributed by atoms with E-state index in [1.165, 1.54) is 18.2 Å². The molecular formula is C16H15FN2O2. The molecule has 0 aliphatic heterocycles. The van der Waals surface area contributed by atoms with Crippen molar-refractivity contribution in [2.75, 3.05) is 0 Å². The number of rotatable bonds is 2. The summed E-state index contributed by atoms with van der Waals surface area (Å²) in [4.78, 5) is 10.7. The van der Waals surface area contributed by atoms with Gasteiger partial charge in [0.15, 0.2) is 0 Å². The Kier molecular flexibility index (Phi) is 2.93. The third-order valence-electron chi connectivity index (χ3n) is 3.87. The van der Waals surface area contributed by atoms with E-state index in [-0.39, 0.29) is 17.5 Å². The molecule has 0 bridgehead atoms. The van der Waals surface area contributed by atoms with Gasteiger partial charge in [0.25, 0.3) is 5.69 Å². The lowest BCUT2D eigenvalue weighted by Crippen LogP contribution is -2.00. The lowest BCUT2D eigenvalue weighted by atomic mass is 10.1. The first kappa shape index (κ1) is 13.5. The number of nitrogens with zero attached hydrogens (tertiary/aromatic N) is 2. The molecule has 3 rings (SSSR count). The minimum absolute atomic E-state index is 0.0644. The Bertz CT molecular complexity index is 881. The van der Waals surface area contributed by atoms with Gasteiger partial charge in [-0.2, -0.15) is 0 Å². The third kappa shape index (κ3) is 1.88. The summed E-state index contributed by atoms with van der Waals surface area (Å²) in [6, 6.07) is 8.05. The zero-order valence-corrected chi connectivity index (χ0v) is 12.1. The quantitative estimate of drug-likeness (QED) is 0.505. The molecule has 21 heavy (non-hydrogen) atoms. The molecule has 108 valence electrons. The Hall–Kier alpha value is -2.43. The summed E-state index contributed by atoms with van der Waals surface area (Å²) < 4.78 is 15.7. The van der Waals surface area contributed by atoms with Gasteiger partial charge in [0, 0.05) is 34.0 Å². The van der Waals surface area contributed by atoms with E-state index in [4.69, 9.17) is 0 Å². The number of nitro groups is 1. The number of benzene rings is 2. The van der Waals surface area contributed by atoms with Gasteiger partial charge in [0.1, 0.15) is 5.82 Å². The predicted molar refractivity (Wildman–Crippen MR) is 81.2 cm³/mol. The summed E-state index contributed by atoms with van der Waals surface area (Å²) in [6.45, 7) is 5.80. The van der Waals surface area contributed by atoms with Gasteiger partial charge in [0.05, 0.1) is 10.4 Å². The molecule has 0 saturated carbocycles. The molecular weight excluding hydrogens is 271 g/mol. The van der Waals surface area contributed by atoms with Crippen LogP contribution in [0.5, 0.6) is 0 Å². The van der Waals surface area contributed by atoms with Crippen molar-refractivity contribution < 1.29 is 9.31 Å². The first-order valence-corrected chi connectivity index (χ1v) is 6.79. The molecule has 0 amide bonds. The maximum atomic E-state index is 13.6.